The van der Waals surface area contributed by atoms with Gasteiger partial charge in [0.1, 0.15) is 23.7 Å². The van der Waals surface area contributed by atoms with Crippen molar-refractivity contribution in [2.75, 3.05) is 38.2 Å². The summed E-state index contributed by atoms with van der Waals surface area (Å²) in [5, 5.41) is 11.3. The molecule has 0 spiro atoms. The van der Waals surface area contributed by atoms with Crippen molar-refractivity contribution in [2.24, 2.45) is 0 Å². The van der Waals surface area contributed by atoms with Gasteiger partial charge in [-0.15, -0.1) is 0 Å². The van der Waals surface area contributed by atoms with E-state index in [9.17, 15) is 31.9 Å². The van der Waals surface area contributed by atoms with Crippen LogP contribution in [0.1, 0.15) is 32.6 Å². The molecular weight excluding hydrogens is 506 g/mol. The Morgan fingerprint density at radius 2 is 1.84 bits per heavy atom. The Labute approximate surface area is 213 Å². The predicted octanol–water partition coefficient (Wildman–Crippen LogP) is 2.56. The Kier molecular flexibility index (Phi) is 6.57. The fourth-order valence-electron chi connectivity index (χ4n) is 4.35. The number of anilines is 1. The fraction of sp³-hybridized carbons (Fsp3) is 0.320. The number of aromatic hydroxyl groups is 1. The van der Waals surface area contributed by atoms with Gasteiger partial charge in [-0.25, -0.2) is 17.2 Å². The number of rotatable bonds is 6. The number of amides is 2. The number of aryl methyl sites for hydroxylation is 1. The summed E-state index contributed by atoms with van der Waals surface area (Å²) < 4.78 is 54.3. The summed E-state index contributed by atoms with van der Waals surface area (Å²) in [5.74, 6) is -2.81. The summed E-state index contributed by atoms with van der Waals surface area (Å²) in [5.41, 5.74) is 1.18. The van der Waals surface area contributed by atoms with Crippen LogP contribution < -0.4 is 4.31 Å². The van der Waals surface area contributed by atoms with E-state index < -0.39 is 33.3 Å². The Balaban J connectivity index is 1.91. The Bertz CT molecular complexity index is 1570. The minimum Gasteiger partial charge on any atom is -0.505 e. The lowest BCUT2D eigenvalue weighted by molar-refractivity contribution is -0.129. The number of carbonyl (C=O) groups excluding carboxylic acids is 2. The Hall–Kier alpha value is -3.80. The molecule has 0 aliphatic carbocycles. The molecule has 0 saturated heterocycles. The lowest BCUT2D eigenvalue weighted by Crippen LogP contribution is -2.36. The molecule has 2 aromatic carbocycles. The summed E-state index contributed by atoms with van der Waals surface area (Å²) in [6, 6.07) is 3.75. The van der Waals surface area contributed by atoms with Gasteiger partial charge in [0.2, 0.25) is 15.9 Å². The highest BCUT2D eigenvalue weighted by Crippen LogP contribution is 2.44. The van der Waals surface area contributed by atoms with Gasteiger partial charge in [0, 0.05) is 57.3 Å². The van der Waals surface area contributed by atoms with Crippen LogP contribution in [0, 0.1) is 18.6 Å². The molecule has 0 bridgehead atoms. The number of nitrogens with zero attached hydrogens (tertiary/aromatic N) is 4. The maximum Gasteiger partial charge on any atom is 0.258 e. The molecule has 0 saturated carbocycles. The van der Waals surface area contributed by atoms with Crippen LogP contribution in [-0.4, -0.2) is 74.1 Å². The van der Waals surface area contributed by atoms with Crippen molar-refractivity contribution in [3.05, 3.63) is 63.8 Å². The molecule has 1 N–H and O–H groups in total. The van der Waals surface area contributed by atoms with Gasteiger partial charge in [0.15, 0.2) is 5.75 Å². The van der Waals surface area contributed by atoms with Gasteiger partial charge in [0.25, 0.3) is 5.91 Å². The first-order valence-corrected chi connectivity index (χ1v) is 13.1. The quantitative estimate of drug-likeness (QED) is 0.523. The summed E-state index contributed by atoms with van der Waals surface area (Å²) in [6.45, 7) is 1.14. The number of phenolic OH excluding ortho intramolecular Hbond substituents is 1. The third-order valence-electron chi connectivity index (χ3n) is 6.46. The zero-order chi connectivity index (χ0) is 27.4. The molecule has 0 unspecified atom stereocenters. The third kappa shape index (κ3) is 4.68. The largest absolute Gasteiger partial charge is 0.505 e. The standard InChI is InChI=1S/C25H26F2N4O5S/c1-13-6-15(19(27)9-18(13)26)7-14-8-16-22(28-10-14)24(33)21-17(23(16)30(4)37(5,35)36)11-31(25(21)34)12-20(32)29(2)3/h6,8-10,33H,7,11-12H2,1-5H3. The van der Waals surface area contributed by atoms with Crippen molar-refractivity contribution in [1.29, 1.82) is 0 Å². The topological polar surface area (TPSA) is 111 Å². The number of hydrogen-bond donors (Lipinski definition) is 1. The highest BCUT2D eigenvalue weighted by Gasteiger charge is 2.38. The molecule has 12 heteroatoms. The van der Waals surface area contributed by atoms with Crippen LogP contribution in [0.2, 0.25) is 0 Å². The van der Waals surface area contributed by atoms with Crippen LogP contribution in [-0.2, 0) is 27.8 Å². The van der Waals surface area contributed by atoms with Gasteiger partial charge >= 0.3 is 0 Å². The van der Waals surface area contributed by atoms with Gasteiger partial charge in [-0.05, 0) is 35.7 Å². The van der Waals surface area contributed by atoms with Crippen LogP contribution in [0.5, 0.6) is 5.75 Å². The number of sulfonamides is 1. The molecule has 0 fully saturated rings. The van der Waals surface area contributed by atoms with Crippen LogP contribution in [0.3, 0.4) is 0 Å². The molecule has 3 aromatic rings. The smallest absolute Gasteiger partial charge is 0.258 e. The molecule has 9 nitrogen and oxygen atoms in total. The van der Waals surface area contributed by atoms with Gasteiger partial charge in [-0.2, -0.15) is 0 Å². The Morgan fingerprint density at radius 1 is 1.16 bits per heavy atom. The average molecular weight is 533 g/mol. The van der Waals surface area contributed by atoms with E-state index in [1.165, 1.54) is 36.0 Å². The van der Waals surface area contributed by atoms with Crippen molar-refractivity contribution in [2.45, 2.75) is 19.9 Å². The summed E-state index contributed by atoms with van der Waals surface area (Å²) in [6.07, 6.45) is 2.40. The van der Waals surface area contributed by atoms with E-state index in [0.717, 1.165) is 16.6 Å². The van der Waals surface area contributed by atoms with Gasteiger partial charge in [0.05, 0.1) is 17.5 Å². The average Bonchev–Trinajstić information content (AvgIpc) is 3.12. The number of carbonyl (C=O) groups is 2. The van der Waals surface area contributed by atoms with E-state index in [-0.39, 0.29) is 64.3 Å². The lowest BCUT2D eigenvalue weighted by atomic mass is 9.98. The molecule has 196 valence electrons. The first-order chi connectivity index (χ1) is 17.2. The second-order valence-electron chi connectivity index (χ2n) is 9.34. The maximum atomic E-state index is 14.4. The molecule has 2 amide bonds. The minimum absolute atomic E-state index is 0.0158. The van der Waals surface area contributed by atoms with Crippen LogP contribution >= 0.6 is 0 Å². The normalized spacial score (nSPS) is 13.3. The highest BCUT2D eigenvalue weighted by molar-refractivity contribution is 7.92. The van der Waals surface area contributed by atoms with E-state index >= 15 is 0 Å². The molecule has 1 aromatic heterocycles. The number of pyridine rings is 1. The Morgan fingerprint density at radius 3 is 2.46 bits per heavy atom. The maximum absolute atomic E-state index is 14.4. The fourth-order valence-corrected chi connectivity index (χ4v) is 4.89. The van der Waals surface area contributed by atoms with E-state index in [2.05, 4.69) is 4.98 Å². The highest BCUT2D eigenvalue weighted by atomic mass is 32.2. The van der Waals surface area contributed by atoms with Gasteiger partial charge in [-0.1, -0.05) is 0 Å². The van der Waals surface area contributed by atoms with Crippen molar-refractivity contribution in [3.63, 3.8) is 0 Å². The molecule has 0 atom stereocenters. The molecule has 1 aliphatic rings. The van der Waals surface area contributed by atoms with Crippen LogP contribution in [0.4, 0.5) is 14.5 Å². The summed E-state index contributed by atoms with van der Waals surface area (Å²) >= 11 is 0. The first kappa shape index (κ1) is 26.3. The third-order valence-corrected chi connectivity index (χ3v) is 7.64. The van der Waals surface area contributed by atoms with Crippen molar-refractivity contribution < 1.29 is 31.9 Å². The zero-order valence-corrected chi connectivity index (χ0v) is 21.8. The lowest BCUT2D eigenvalue weighted by Gasteiger charge is -2.23. The van der Waals surface area contributed by atoms with Crippen molar-refractivity contribution >= 4 is 38.4 Å². The van der Waals surface area contributed by atoms with E-state index in [4.69, 9.17) is 0 Å². The second kappa shape index (κ2) is 9.25. The van der Waals surface area contributed by atoms with E-state index in [1.54, 1.807) is 20.2 Å². The number of hydrogen-bond acceptors (Lipinski definition) is 6. The molecule has 37 heavy (non-hydrogen) atoms. The number of fused-ring (bicyclic) bond motifs is 2. The van der Waals surface area contributed by atoms with Crippen molar-refractivity contribution in [3.8, 4) is 5.75 Å². The summed E-state index contributed by atoms with van der Waals surface area (Å²) in [4.78, 5) is 32.3. The zero-order valence-electron chi connectivity index (χ0n) is 21.0. The SMILES string of the molecule is Cc1cc(Cc2cnc3c(O)c4c(c(N(C)S(C)(=O)=O)c3c2)CN(CC(=O)N(C)C)C4=O)c(F)cc1F. The van der Waals surface area contributed by atoms with Gasteiger partial charge < -0.3 is 14.9 Å². The van der Waals surface area contributed by atoms with E-state index in [1.807, 2.05) is 0 Å². The predicted molar refractivity (Wildman–Crippen MR) is 134 cm³/mol. The molecule has 2 heterocycles. The van der Waals surface area contributed by atoms with Gasteiger partial charge in [-0.3, -0.25) is 18.9 Å². The van der Waals surface area contributed by atoms with E-state index in [0.29, 0.717) is 5.56 Å². The van der Waals surface area contributed by atoms with Crippen LogP contribution in [0.25, 0.3) is 10.9 Å². The minimum atomic E-state index is -3.82. The summed E-state index contributed by atoms with van der Waals surface area (Å²) in [7, 11) is 0.576. The number of phenols is 1. The number of likely N-dealkylation sites (N-methyl/N-ethyl adjacent to an activating group) is 1. The monoisotopic (exact) mass is 532 g/mol. The second-order valence-corrected chi connectivity index (χ2v) is 11.4. The molecule has 1 aliphatic heterocycles. The first-order valence-electron chi connectivity index (χ1n) is 11.2. The molecule has 4 rings (SSSR count). The van der Waals surface area contributed by atoms with Crippen molar-refractivity contribution in [1.82, 2.24) is 14.8 Å². The number of halogens is 2. The number of benzene rings is 2. The molecule has 0 radical (unpaired) electrons. The van der Waals surface area contributed by atoms with Crippen LogP contribution in [0.15, 0.2) is 24.4 Å². The molecular formula is C25H26F2N4O5S. The number of aromatic nitrogens is 1.